The third kappa shape index (κ3) is 3.85. The molecule has 1 fully saturated rings. The van der Waals surface area contributed by atoms with Crippen LogP contribution >= 0.6 is 0 Å². The van der Waals surface area contributed by atoms with E-state index in [1.54, 1.807) is 7.11 Å². The molecule has 0 radical (unpaired) electrons. The van der Waals surface area contributed by atoms with Gasteiger partial charge in [-0.2, -0.15) is 0 Å². The van der Waals surface area contributed by atoms with E-state index in [2.05, 4.69) is 6.92 Å². The van der Waals surface area contributed by atoms with Crippen LogP contribution in [-0.4, -0.2) is 42.7 Å². The van der Waals surface area contributed by atoms with Crippen LogP contribution in [-0.2, 0) is 0 Å². The molecule has 25 heavy (non-hydrogen) atoms. The highest BCUT2D eigenvalue weighted by Gasteiger charge is 2.23. The average molecular weight is 339 g/mol. The van der Waals surface area contributed by atoms with Gasteiger partial charge >= 0.3 is 0 Å². The Hall–Kier alpha value is -2.33. The Bertz CT molecular complexity index is 739. The Labute approximate surface area is 149 Å². The number of aryl methyl sites for hydroxylation is 1. The molecule has 0 aromatic heterocycles. The Balaban J connectivity index is 1.77. The maximum absolute atomic E-state index is 12.7. The first kappa shape index (κ1) is 17.5. The molecule has 1 aliphatic rings. The first-order valence-electron chi connectivity index (χ1n) is 8.77. The second-order valence-corrected chi connectivity index (χ2v) is 6.70. The molecule has 132 valence electrons. The lowest BCUT2D eigenvalue weighted by Crippen LogP contribution is -2.40. The number of hydrogen-bond acceptors (Lipinski definition) is 3. The summed E-state index contributed by atoms with van der Waals surface area (Å²) in [5.41, 5.74) is 4.07. The first-order chi connectivity index (χ1) is 12.1. The molecule has 4 nitrogen and oxygen atoms in total. The standard InChI is InChI=1S/C21H25NO3/c1-15-12-19(25-2)9-10-20(15)17-5-7-18(8-6-17)21(24)22-11-3-4-16(13-22)14-23/h5-10,12,16,23H,3-4,11,13-14H2,1-2H3. The van der Waals surface area contributed by atoms with Gasteiger partial charge in [0, 0.05) is 25.3 Å². The van der Waals surface area contributed by atoms with E-state index >= 15 is 0 Å². The summed E-state index contributed by atoms with van der Waals surface area (Å²) in [5, 5.41) is 9.34. The zero-order chi connectivity index (χ0) is 17.8. The van der Waals surface area contributed by atoms with Crippen LogP contribution in [0.15, 0.2) is 42.5 Å². The molecule has 3 rings (SSSR count). The number of carbonyl (C=O) groups is 1. The zero-order valence-electron chi connectivity index (χ0n) is 14.9. The van der Waals surface area contributed by atoms with Crippen LogP contribution < -0.4 is 4.74 Å². The predicted octanol–water partition coefficient (Wildman–Crippen LogP) is 3.52. The summed E-state index contributed by atoms with van der Waals surface area (Å²) in [6, 6.07) is 13.8. The number of likely N-dealkylation sites (tertiary alicyclic amines) is 1. The minimum Gasteiger partial charge on any atom is -0.497 e. The van der Waals surface area contributed by atoms with E-state index in [0.717, 1.165) is 41.8 Å². The molecule has 1 atom stereocenters. The van der Waals surface area contributed by atoms with Crippen molar-refractivity contribution in [1.29, 1.82) is 0 Å². The largest absolute Gasteiger partial charge is 0.497 e. The van der Waals surface area contributed by atoms with E-state index < -0.39 is 0 Å². The molecule has 4 heteroatoms. The van der Waals surface area contributed by atoms with E-state index in [9.17, 15) is 9.90 Å². The molecule has 1 saturated heterocycles. The number of nitrogens with zero attached hydrogens (tertiary/aromatic N) is 1. The number of carbonyl (C=O) groups excluding carboxylic acids is 1. The summed E-state index contributed by atoms with van der Waals surface area (Å²) in [4.78, 5) is 14.5. The zero-order valence-corrected chi connectivity index (χ0v) is 14.9. The second kappa shape index (κ2) is 7.70. The SMILES string of the molecule is COc1ccc(-c2ccc(C(=O)N3CCCC(CO)C3)cc2)c(C)c1. The minimum atomic E-state index is 0.0520. The number of aliphatic hydroxyl groups is 1. The van der Waals surface area contributed by atoms with Gasteiger partial charge in [-0.1, -0.05) is 18.2 Å². The number of piperidine rings is 1. The number of ether oxygens (including phenoxy) is 1. The normalized spacial score (nSPS) is 17.4. The fraction of sp³-hybridized carbons (Fsp3) is 0.381. The molecule has 1 N–H and O–H groups in total. The van der Waals surface area contributed by atoms with Crippen molar-refractivity contribution in [3.8, 4) is 16.9 Å². The van der Waals surface area contributed by atoms with Crippen molar-refractivity contribution in [1.82, 2.24) is 4.90 Å². The number of benzene rings is 2. The van der Waals surface area contributed by atoms with Crippen molar-refractivity contribution in [3.05, 3.63) is 53.6 Å². The maximum Gasteiger partial charge on any atom is 0.253 e. The van der Waals surface area contributed by atoms with Gasteiger partial charge in [0.05, 0.1) is 7.11 Å². The number of amides is 1. The molecular weight excluding hydrogens is 314 g/mol. The number of methoxy groups -OCH3 is 1. The van der Waals surface area contributed by atoms with Crippen LogP contribution in [0.1, 0.15) is 28.8 Å². The number of rotatable bonds is 4. The van der Waals surface area contributed by atoms with E-state index in [1.807, 2.05) is 47.4 Å². The average Bonchev–Trinajstić information content (AvgIpc) is 2.67. The lowest BCUT2D eigenvalue weighted by atomic mass is 9.97. The van der Waals surface area contributed by atoms with Crippen molar-refractivity contribution in [2.24, 2.45) is 5.92 Å². The highest BCUT2D eigenvalue weighted by Crippen LogP contribution is 2.27. The summed E-state index contributed by atoms with van der Waals surface area (Å²) in [5.74, 6) is 1.10. The van der Waals surface area contributed by atoms with Crippen LogP contribution in [0, 0.1) is 12.8 Å². The van der Waals surface area contributed by atoms with Crippen molar-refractivity contribution in [2.75, 3.05) is 26.8 Å². The predicted molar refractivity (Wildman–Crippen MR) is 98.9 cm³/mol. The third-order valence-corrected chi connectivity index (χ3v) is 4.94. The van der Waals surface area contributed by atoms with Crippen LogP contribution in [0.2, 0.25) is 0 Å². The van der Waals surface area contributed by atoms with Crippen LogP contribution in [0.25, 0.3) is 11.1 Å². The smallest absolute Gasteiger partial charge is 0.253 e. The van der Waals surface area contributed by atoms with Gasteiger partial charge in [0.15, 0.2) is 0 Å². The minimum absolute atomic E-state index is 0.0520. The number of hydrogen-bond donors (Lipinski definition) is 1. The van der Waals surface area contributed by atoms with Crippen molar-refractivity contribution < 1.29 is 14.6 Å². The summed E-state index contributed by atoms with van der Waals surface area (Å²) in [6.45, 7) is 3.63. The van der Waals surface area contributed by atoms with Gasteiger partial charge in [-0.25, -0.2) is 0 Å². The summed E-state index contributed by atoms with van der Waals surface area (Å²) < 4.78 is 5.25. The molecule has 1 heterocycles. The van der Waals surface area contributed by atoms with Crippen molar-refractivity contribution in [3.63, 3.8) is 0 Å². The van der Waals surface area contributed by atoms with Gasteiger partial charge in [-0.3, -0.25) is 4.79 Å². The Morgan fingerprint density at radius 2 is 2.00 bits per heavy atom. The third-order valence-electron chi connectivity index (χ3n) is 4.94. The Kier molecular flexibility index (Phi) is 5.39. The Morgan fingerprint density at radius 1 is 1.24 bits per heavy atom. The quantitative estimate of drug-likeness (QED) is 0.927. The van der Waals surface area contributed by atoms with Gasteiger partial charge in [0.1, 0.15) is 5.75 Å². The summed E-state index contributed by atoms with van der Waals surface area (Å²) >= 11 is 0. The molecule has 0 bridgehead atoms. The van der Waals surface area contributed by atoms with Crippen molar-refractivity contribution in [2.45, 2.75) is 19.8 Å². The van der Waals surface area contributed by atoms with Crippen LogP contribution in [0.3, 0.4) is 0 Å². The van der Waals surface area contributed by atoms with Gasteiger partial charge in [0.25, 0.3) is 5.91 Å². The molecule has 1 aliphatic heterocycles. The van der Waals surface area contributed by atoms with Crippen molar-refractivity contribution >= 4 is 5.91 Å². The fourth-order valence-corrected chi connectivity index (χ4v) is 3.46. The van der Waals surface area contributed by atoms with Crippen LogP contribution in [0.5, 0.6) is 5.75 Å². The van der Waals surface area contributed by atoms with E-state index in [-0.39, 0.29) is 18.4 Å². The van der Waals surface area contributed by atoms with Crippen LogP contribution in [0.4, 0.5) is 0 Å². The lowest BCUT2D eigenvalue weighted by Gasteiger charge is -2.32. The van der Waals surface area contributed by atoms with Gasteiger partial charge in [0.2, 0.25) is 0 Å². The fourth-order valence-electron chi connectivity index (χ4n) is 3.46. The van der Waals surface area contributed by atoms with Gasteiger partial charge in [-0.15, -0.1) is 0 Å². The monoisotopic (exact) mass is 339 g/mol. The molecule has 0 aliphatic carbocycles. The molecule has 2 aromatic rings. The van der Waals surface area contributed by atoms with E-state index in [1.165, 1.54) is 0 Å². The maximum atomic E-state index is 12.7. The molecule has 0 saturated carbocycles. The van der Waals surface area contributed by atoms with Gasteiger partial charge in [-0.05, 0) is 66.6 Å². The Morgan fingerprint density at radius 3 is 2.64 bits per heavy atom. The lowest BCUT2D eigenvalue weighted by molar-refractivity contribution is 0.0621. The first-order valence-corrected chi connectivity index (χ1v) is 8.77. The molecular formula is C21H25NO3. The summed E-state index contributed by atoms with van der Waals surface area (Å²) in [6.07, 6.45) is 1.95. The van der Waals surface area contributed by atoms with E-state index in [4.69, 9.17) is 4.74 Å². The number of aliphatic hydroxyl groups excluding tert-OH is 1. The molecule has 1 unspecified atom stereocenters. The second-order valence-electron chi connectivity index (χ2n) is 6.70. The van der Waals surface area contributed by atoms with E-state index in [0.29, 0.717) is 12.1 Å². The topological polar surface area (TPSA) is 49.8 Å². The molecule has 0 spiro atoms. The highest BCUT2D eigenvalue weighted by atomic mass is 16.5. The molecule has 2 aromatic carbocycles. The molecule has 1 amide bonds. The summed E-state index contributed by atoms with van der Waals surface area (Å²) in [7, 11) is 1.66. The highest BCUT2D eigenvalue weighted by molar-refractivity contribution is 5.94. The van der Waals surface area contributed by atoms with Gasteiger partial charge < -0.3 is 14.7 Å².